The van der Waals surface area contributed by atoms with Gasteiger partial charge in [-0.25, -0.2) is 9.78 Å². The first-order valence-electron chi connectivity index (χ1n) is 13.5. The summed E-state index contributed by atoms with van der Waals surface area (Å²) in [6, 6.07) is 16.8. The molecular formula is C31H37Cl2N3O5. The standard InChI is InChI=1S/C31H36ClN3O5.ClH/c1-20-7-4-5-8-23(20)24-10-12-26(29(37)34-31(30(38)39)15-13-22(36)14-16-31)33-28(24)21-9-11-25(32)27(19-21)40-18-6-17-35(2)3;/h4-5,7-12,19,22,36H,6,13-18H2,1-3H3,(H,34,37)(H,38,39);1H/t22-,31-;. The topological polar surface area (TPSA) is 112 Å². The largest absolute Gasteiger partial charge is 0.492 e. The molecule has 41 heavy (non-hydrogen) atoms. The second-order valence-electron chi connectivity index (χ2n) is 10.6. The minimum absolute atomic E-state index is 0. The molecule has 4 rings (SSSR count). The molecule has 220 valence electrons. The Bertz CT molecular complexity index is 1370. The van der Waals surface area contributed by atoms with Crippen LogP contribution in [0.25, 0.3) is 22.4 Å². The summed E-state index contributed by atoms with van der Waals surface area (Å²) >= 11 is 6.46. The molecule has 0 unspecified atom stereocenters. The Balaban J connectivity index is 0.00000462. The highest BCUT2D eigenvalue weighted by atomic mass is 35.5. The molecule has 0 aliphatic heterocycles. The van der Waals surface area contributed by atoms with Crippen LogP contribution in [-0.2, 0) is 4.79 Å². The number of pyridine rings is 1. The SMILES string of the molecule is Cc1ccccc1-c1ccc(C(=O)N[C@]2(C(=O)O)CC[C@@H](O)CC2)nc1-c1ccc(Cl)c(OCCCN(C)C)c1.Cl. The van der Waals surface area contributed by atoms with Crippen LogP contribution in [0.5, 0.6) is 5.75 Å². The maximum absolute atomic E-state index is 13.4. The maximum atomic E-state index is 13.4. The molecule has 3 aromatic rings. The van der Waals surface area contributed by atoms with E-state index in [4.69, 9.17) is 21.3 Å². The van der Waals surface area contributed by atoms with Crippen molar-refractivity contribution in [3.05, 3.63) is 70.9 Å². The molecule has 0 radical (unpaired) electrons. The summed E-state index contributed by atoms with van der Waals surface area (Å²) in [6.07, 6.45) is 1.17. The Morgan fingerprint density at radius 1 is 1.10 bits per heavy atom. The van der Waals surface area contributed by atoms with Crippen LogP contribution in [0.15, 0.2) is 54.6 Å². The normalized spacial score (nSPS) is 18.4. The van der Waals surface area contributed by atoms with E-state index in [1.54, 1.807) is 12.1 Å². The van der Waals surface area contributed by atoms with Gasteiger partial charge in [0.2, 0.25) is 0 Å². The number of benzene rings is 2. The van der Waals surface area contributed by atoms with Crippen molar-refractivity contribution in [1.82, 2.24) is 15.2 Å². The molecule has 1 aliphatic carbocycles. The molecule has 10 heteroatoms. The number of hydrogen-bond donors (Lipinski definition) is 3. The molecule has 8 nitrogen and oxygen atoms in total. The zero-order chi connectivity index (χ0) is 28.9. The Morgan fingerprint density at radius 3 is 2.46 bits per heavy atom. The van der Waals surface area contributed by atoms with Crippen molar-refractivity contribution in [2.24, 2.45) is 0 Å². The van der Waals surface area contributed by atoms with E-state index < -0.39 is 23.5 Å². The van der Waals surface area contributed by atoms with Crippen LogP contribution >= 0.6 is 24.0 Å². The summed E-state index contributed by atoms with van der Waals surface area (Å²) < 4.78 is 5.99. The van der Waals surface area contributed by atoms with Crippen LogP contribution < -0.4 is 10.1 Å². The van der Waals surface area contributed by atoms with Crippen LogP contribution in [-0.4, -0.2) is 70.9 Å². The van der Waals surface area contributed by atoms with Crippen LogP contribution in [0.1, 0.15) is 48.2 Å². The van der Waals surface area contributed by atoms with Gasteiger partial charge in [-0.05, 0) is 88.5 Å². The predicted molar refractivity (Wildman–Crippen MR) is 163 cm³/mol. The second kappa shape index (κ2) is 14.1. The third-order valence-corrected chi connectivity index (χ3v) is 7.66. The fourth-order valence-corrected chi connectivity index (χ4v) is 5.16. The van der Waals surface area contributed by atoms with Crippen LogP contribution in [0.2, 0.25) is 5.02 Å². The Morgan fingerprint density at radius 2 is 1.80 bits per heavy atom. The lowest BCUT2D eigenvalue weighted by Crippen LogP contribution is -2.57. The van der Waals surface area contributed by atoms with Crippen molar-refractivity contribution in [3.63, 3.8) is 0 Å². The minimum Gasteiger partial charge on any atom is -0.492 e. The number of aryl methyl sites for hydroxylation is 1. The van der Waals surface area contributed by atoms with E-state index in [9.17, 15) is 19.8 Å². The number of hydrogen-bond acceptors (Lipinski definition) is 6. The second-order valence-corrected chi connectivity index (χ2v) is 11.0. The van der Waals surface area contributed by atoms with E-state index in [1.165, 1.54) is 0 Å². The molecule has 1 amide bonds. The average Bonchev–Trinajstić information content (AvgIpc) is 2.93. The van der Waals surface area contributed by atoms with Crippen LogP contribution in [0.3, 0.4) is 0 Å². The smallest absolute Gasteiger partial charge is 0.329 e. The molecule has 1 heterocycles. The summed E-state index contributed by atoms with van der Waals surface area (Å²) in [5.41, 5.74) is 2.76. The number of nitrogens with zero attached hydrogens (tertiary/aromatic N) is 2. The van der Waals surface area contributed by atoms with Gasteiger partial charge in [0.05, 0.1) is 23.4 Å². The molecule has 1 saturated carbocycles. The Labute approximate surface area is 252 Å². The van der Waals surface area contributed by atoms with Gasteiger partial charge in [-0.15, -0.1) is 12.4 Å². The van der Waals surface area contributed by atoms with E-state index in [2.05, 4.69) is 10.2 Å². The van der Waals surface area contributed by atoms with Gasteiger partial charge in [-0.1, -0.05) is 41.9 Å². The number of ether oxygens (including phenoxy) is 1. The lowest BCUT2D eigenvalue weighted by Gasteiger charge is -2.35. The summed E-state index contributed by atoms with van der Waals surface area (Å²) in [5.74, 6) is -1.17. The summed E-state index contributed by atoms with van der Waals surface area (Å²) in [7, 11) is 4.01. The molecule has 0 spiro atoms. The molecular weight excluding hydrogens is 565 g/mol. The number of carbonyl (C=O) groups is 2. The summed E-state index contributed by atoms with van der Waals surface area (Å²) in [4.78, 5) is 32.4. The number of halogens is 2. The van der Waals surface area contributed by atoms with Crippen molar-refractivity contribution in [2.45, 2.75) is 50.7 Å². The highest BCUT2D eigenvalue weighted by Gasteiger charge is 2.43. The predicted octanol–water partition coefficient (Wildman–Crippen LogP) is 5.62. The van der Waals surface area contributed by atoms with Gasteiger partial charge in [0.15, 0.2) is 0 Å². The van der Waals surface area contributed by atoms with Gasteiger partial charge in [0, 0.05) is 17.7 Å². The molecule has 1 aliphatic rings. The Kier molecular flexibility index (Phi) is 11.2. The highest BCUT2D eigenvalue weighted by Crippen LogP contribution is 2.37. The van der Waals surface area contributed by atoms with Crippen molar-refractivity contribution in [2.75, 3.05) is 27.2 Å². The first-order chi connectivity index (χ1) is 19.1. The number of aromatic nitrogens is 1. The van der Waals surface area contributed by atoms with E-state index >= 15 is 0 Å². The molecule has 2 aromatic carbocycles. The third-order valence-electron chi connectivity index (χ3n) is 7.35. The zero-order valence-electron chi connectivity index (χ0n) is 23.5. The van der Waals surface area contributed by atoms with Gasteiger partial charge >= 0.3 is 5.97 Å². The number of carboxylic acid groups (broad SMARTS) is 1. The van der Waals surface area contributed by atoms with Crippen molar-refractivity contribution >= 4 is 35.9 Å². The average molecular weight is 603 g/mol. The molecule has 1 fully saturated rings. The van der Waals surface area contributed by atoms with E-state index in [0.29, 0.717) is 41.5 Å². The zero-order valence-corrected chi connectivity index (χ0v) is 25.1. The summed E-state index contributed by atoms with van der Waals surface area (Å²) in [5, 5.41) is 23.0. The first kappa shape index (κ1) is 32.3. The van der Waals surface area contributed by atoms with Gasteiger partial charge in [0.25, 0.3) is 5.91 Å². The number of aliphatic hydroxyl groups excluding tert-OH is 1. The van der Waals surface area contributed by atoms with Crippen LogP contribution in [0, 0.1) is 6.92 Å². The lowest BCUT2D eigenvalue weighted by atomic mass is 9.80. The van der Waals surface area contributed by atoms with Gasteiger partial charge in [0.1, 0.15) is 17.0 Å². The number of aliphatic carboxylic acids is 1. The molecule has 0 bridgehead atoms. The highest BCUT2D eigenvalue weighted by molar-refractivity contribution is 6.32. The van der Waals surface area contributed by atoms with Crippen molar-refractivity contribution in [1.29, 1.82) is 0 Å². The molecule has 1 aromatic heterocycles. The fraction of sp³-hybridized carbons (Fsp3) is 0.387. The van der Waals surface area contributed by atoms with Gasteiger partial charge < -0.3 is 25.2 Å². The molecule has 3 N–H and O–H groups in total. The number of rotatable bonds is 10. The lowest BCUT2D eigenvalue weighted by molar-refractivity contribution is -0.146. The molecule has 0 atom stereocenters. The van der Waals surface area contributed by atoms with Crippen LogP contribution in [0.4, 0.5) is 0 Å². The van der Waals surface area contributed by atoms with Gasteiger partial charge in [-0.2, -0.15) is 0 Å². The fourth-order valence-electron chi connectivity index (χ4n) is 4.99. The number of carbonyl (C=O) groups excluding carboxylic acids is 1. The summed E-state index contributed by atoms with van der Waals surface area (Å²) in [6.45, 7) is 3.38. The van der Waals surface area contributed by atoms with Crippen molar-refractivity contribution < 1.29 is 24.5 Å². The quantitative estimate of drug-likeness (QED) is 0.259. The maximum Gasteiger partial charge on any atom is 0.329 e. The van der Waals surface area contributed by atoms with E-state index in [1.807, 2.05) is 63.5 Å². The molecule has 0 saturated heterocycles. The number of carboxylic acids is 1. The van der Waals surface area contributed by atoms with Gasteiger partial charge in [-0.3, -0.25) is 4.79 Å². The third kappa shape index (κ3) is 7.77. The monoisotopic (exact) mass is 601 g/mol. The van der Waals surface area contributed by atoms with Crippen molar-refractivity contribution in [3.8, 4) is 28.1 Å². The van der Waals surface area contributed by atoms with E-state index in [0.717, 1.165) is 29.7 Å². The number of amides is 1. The minimum atomic E-state index is -1.44. The first-order valence-corrected chi connectivity index (χ1v) is 13.9. The number of nitrogens with one attached hydrogen (secondary N) is 1. The number of aliphatic hydroxyl groups is 1. The van der Waals surface area contributed by atoms with E-state index in [-0.39, 0.29) is 30.9 Å². The Hall–Kier alpha value is -3.17.